The molecule has 2 aliphatic heterocycles. The van der Waals surface area contributed by atoms with Gasteiger partial charge in [0.15, 0.2) is 0 Å². The van der Waals surface area contributed by atoms with Gasteiger partial charge in [-0.1, -0.05) is 11.6 Å². The number of piperazine rings is 1. The summed E-state index contributed by atoms with van der Waals surface area (Å²) in [6.07, 6.45) is 0. The molecule has 1 aromatic rings. The van der Waals surface area contributed by atoms with Gasteiger partial charge in [0, 0.05) is 38.8 Å². The third kappa shape index (κ3) is 2.08. The number of nitrogens with zero attached hydrogens (tertiary/aromatic N) is 4. The number of fused-ring (bicyclic) bond motifs is 1. The molecule has 19 heavy (non-hydrogen) atoms. The number of aromatic nitrogens is 2. The number of carbonyl (C=O) groups excluding carboxylic acids is 1. The summed E-state index contributed by atoms with van der Waals surface area (Å²) >= 11 is 6.23. The zero-order valence-corrected chi connectivity index (χ0v) is 11.9. The Hall–Kier alpha value is -1.27. The van der Waals surface area contributed by atoms with E-state index in [0.717, 1.165) is 37.4 Å². The van der Waals surface area contributed by atoms with Crippen LogP contribution in [0.25, 0.3) is 0 Å². The topological polar surface area (TPSA) is 53.4 Å². The average Bonchev–Trinajstić information content (AvgIpc) is 2.83. The monoisotopic (exact) mass is 283 g/mol. The van der Waals surface area contributed by atoms with Crippen molar-refractivity contribution in [2.45, 2.75) is 19.5 Å². The van der Waals surface area contributed by atoms with Crippen LogP contribution in [-0.4, -0.2) is 57.8 Å². The molecular formula is C12H18ClN5O. The summed E-state index contributed by atoms with van der Waals surface area (Å²) in [5.74, 6) is 0. The zero-order chi connectivity index (χ0) is 13.6. The molecule has 6 nitrogen and oxygen atoms in total. The highest BCUT2D eigenvalue weighted by Gasteiger charge is 2.38. The maximum atomic E-state index is 12.3. The molecule has 104 valence electrons. The van der Waals surface area contributed by atoms with Crippen LogP contribution in [0.1, 0.15) is 11.3 Å². The first kappa shape index (κ1) is 12.7. The van der Waals surface area contributed by atoms with Crippen LogP contribution >= 0.6 is 11.6 Å². The minimum atomic E-state index is 0.116. The molecule has 0 aliphatic carbocycles. The van der Waals surface area contributed by atoms with Crippen molar-refractivity contribution in [2.24, 2.45) is 7.05 Å². The number of halogens is 1. The van der Waals surface area contributed by atoms with Crippen molar-refractivity contribution in [2.75, 3.05) is 26.2 Å². The quantitative estimate of drug-likeness (QED) is 0.864. The third-order valence-corrected chi connectivity index (χ3v) is 4.39. The molecule has 2 fully saturated rings. The van der Waals surface area contributed by atoms with Gasteiger partial charge in [-0.3, -0.25) is 4.68 Å². The summed E-state index contributed by atoms with van der Waals surface area (Å²) in [6, 6.07) is 0.405. The molecule has 2 amide bonds. The van der Waals surface area contributed by atoms with Gasteiger partial charge in [0.1, 0.15) is 5.15 Å². The molecule has 7 heteroatoms. The summed E-state index contributed by atoms with van der Waals surface area (Å²) in [7, 11) is 1.82. The fraction of sp³-hybridized carbons (Fsp3) is 0.667. The molecule has 0 radical (unpaired) electrons. The van der Waals surface area contributed by atoms with Gasteiger partial charge in [-0.15, -0.1) is 0 Å². The van der Waals surface area contributed by atoms with E-state index in [4.69, 9.17) is 11.6 Å². The van der Waals surface area contributed by atoms with Gasteiger partial charge in [-0.05, 0) is 6.92 Å². The Morgan fingerprint density at radius 1 is 1.53 bits per heavy atom. The Labute approximate surface area is 117 Å². The first-order valence-electron chi connectivity index (χ1n) is 6.52. The SMILES string of the molecule is Cc1nn(C)c(Cl)c1CN1CC2CNCCN2C1=O. The van der Waals surface area contributed by atoms with Crippen LogP contribution in [-0.2, 0) is 13.6 Å². The van der Waals surface area contributed by atoms with Gasteiger partial charge < -0.3 is 15.1 Å². The van der Waals surface area contributed by atoms with E-state index in [1.165, 1.54) is 0 Å². The zero-order valence-electron chi connectivity index (χ0n) is 11.2. The first-order valence-corrected chi connectivity index (χ1v) is 6.90. The van der Waals surface area contributed by atoms with Crippen molar-refractivity contribution in [3.8, 4) is 0 Å². The van der Waals surface area contributed by atoms with Crippen molar-refractivity contribution in [1.29, 1.82) is 0 Å². The van der Waals surface area contributed by atoms with Crippen LogP contribution in [0.3, 0.4) is 0 Å². The predicted molar refractivity (Wildman–Crippen MR) is 72.1 cm³/mol. The highest BCUT2D eigenvalue weighted by atomic mass is 35.5. The maximum absolute atomic E-state index is 12.3. The van der Waals surface area contributed by atoms with E-state index in [-0.39, 0.29) is 12.1 Å². The Balaban J connectivity index is 1.79. The van der Waals surface area contributed by atoms with Crippen molar-refractivity contribution in [3.63, 3.8) is 0 Å². The molecule has 2 aliphatic rings. The molecule has 0 spiro atoms. The number of amides is 2. The lowest BCUT2D eigenvalue weighted by atomic mass is 10.2. The molecule has 3 heterocycles. The molecule has 1 N–H and O–H groups in total. The standard InChI is InChI=1S/C12H18ClN5O/c1-8-10(11(13)16(2)15-8)7-17-6-9-5-14-3-4-18(9)12(17)19/h9,14H,3-7H2,1-2H3. The Morgan fingerprint density at radius 2 is 2.32 bits per heavy atom. The maximum Gasteiger partial charge on any atom is 0.320 e. The highest BCUT2D eigenvalue weighted by Crippen LogP contribution is 2.25. The van der Waals surface area contributed by atoms with Crippen LogP contribution in [0, 0.1) is 6.92 Å². The number of hydrogen-bond acceptors (Lipinski definition) is 3. The van der Waals surface area contributed by atoms with E-state index in [1.807, 2.05) is 23.8 Å². The predicted octanol–water partition coefficient (Wildman–Crippen LogP) is 0.591. The average molecular weight is 284 g/mol. The van der Waals surface area contributed by atoms with Gasteiger partial charge >= 0.3 is 6.03 Å². The number of hydrogen-bond donors (Lipinski definition) is 1. The summed E-state index contributed by atoms with van der Waals surface area (Å²) in [5.41, 5.74) is 1.84. The van der Waals surface area contributed by atoms with Gasteiger partial charge in [0.05, 0.1) is 18.3 Å². The third-order valence-electron chi connectivity index (χ3n) is 3.92. The minimum Gasteiger partial charge on any atom is -0.318 e. The van der Waals surface area contributed by atoms with Crippen LogP contribution < -0.4 is 5.32 Å². The lowest BCUT2D eigenvalue weighted by Gasteiger charge is -2.28. The summed E-state index contributed by atoms with van der Waals surface area (Å²) < 4.78 is 1.65. The lowest BCUT2D eigenvalue weighted by Crippen LogP contribution is -2.49. The summed E-state index contributed by atoms with van der Waals surface area (Å²) in [5, 5.41) is 8.23. The molecule has 1 aromatic heterocycles. The van der Waals surface area contributed by atoms with Crippen molar-refractivity contribution in [1.82, 2.24) is 24.9 Å². The first-order chi connectivity index (χ1) is 9.08. The Kier molecular flexibility index (Phi) is 3.14. The molecule has 1 unspecified atom stereocenters. The second-order valence-corrected chi connectivity index (χ2v) is 5.55. The van der Waals surface area contributed by atoms with Crippen molar-refractivity contribution < 1.29 is 4.79 Å². The molecule has 0 bridgehead atoms. The highest BCUT2D eigenvalue weighted by molar-refractivity contribution is 6.30. The number of carbonyl (C=O) groups is 1. The Morgan fingerprint density at radius 3 is 2.95 bits per heavy atom. The summed E-state index contributed by atoms with van der Waals surface area (Å²) in [4.78, 5) is 16.2. The van der Waals surface area contributed by atoms with E-state index < -0.39 is 0 Å². The normalized spacial score (nSPS) is 23.1. The van der Waals surface area contributed by atoms with Gasteiger partial charge in [0.2, 0.25) is 0 Å². The van der Waals surface area contributed by atoms with E-state index in [9.17, 15) is 4.79 Å². The van der Waals surface area contributed by atoms with Crippen LogP contribution in [0.2, 0.25) is 5.15 Å². The fourth-order valence-corrected chi connectivity index (χ4v) is 3.10. The minimum absolute atomic E-state index is 0.116. The lowest BCUT2D eigenvalue weighted by molar-refractivity contribution is 0.178. The van der Waals surface area contributed by atoms with Crippen molar-refractivity contribution >= 4 is 17.6 Å². The van der Waals surface area contributed by atoms with Gasteiger partial charge in [-0.25, -0.2) is 4.79 Å². The molecular weight excluding hydrogens is 266 g/mol. The van der Waals surface area contributed by atoms with Crippen LogP contribution in [0.5, 0.6) is 0 Å². The van der Waals surface area contributed by atoms with E-state index in [1.54, 1.807) is 4.68 Å². The van der Waals surface area contributed by atoms with Gasteiger partial charge in [0.25, 0.3) is 0 Å². The Bertz CT molecular complexity index is 514. The molecule has 2 saturated heterocycles. The number of rotatable bonds is 2. The fourth-order valence-electron chi connectivity index (χ4n) is 2.87. The second-order valence-electron chi connectivity index (χ2n) is 5.19. The van der Waals surface area contributed by atoms with E-state index in [2.05, 4.69) is 10.4 Å². The van der Waals surface area contributed by atoms with E-state index >= 15 is 0 Å². The van der Waals surface area contributed by atoms with Crippen LogP contribution in [0.15, 0.2) is 0 Å². The number of aryl methyl sites for hydroxylation is 2. The summed E-state index contributed by atoms with van der Waals surface area (Å²) in [6.45, 7) is 5.78. The van der Waals surface area contributed by atoms with Gasteiger partial charge in [-0.2, -0.15) is 5.10 Å². The second kappa shape index (κ2) is 4.68. The largest absolute Gasteiger partial charge is 0.320 e. The van der Waals surface area contributed by atoms with E-state index in [0.29, 0.717) is 11.7 Å². The smallest absolute Gasteiger partial charge is 0.318 e. The number of nitrogens with one attached hydrogen (secondary N) is 1. The van der Waals surface area contributed by atoms with Crippen molar-refractivity contribution in [3.05, 3.63) is 16.4 Å². The molecule has 3 rings (SSSR count). The number of urea groups is 1. The molecule has 0 aromatic carbocycles. The van der Waals surface area contributed by atoms with Crippen LogP contribution in [0.4, 0.5) is 4.79 Å². The molecule has 1 atom stereocenters. The molecule has 0 saturated carbocycles.